The summed E-state index contributed by atoms with van der Waals surface area (Å²) in [6.45, 7) is 2.21. The highest BCUT2D eigenvalue weighted by molar-refractivity contribution is 5.46. The van der Waals surface area contributed by atoms with E-state index in [1.807, 2.05) is 18.2 Å². The van der Waals surface area contributed by atoms with Gasteiger partial charge in [0.1, 0.15) is 5.75 Å². The van der Waals surface area contributed by atoms with E-state index in [0.29, 0.717) is 12.8 Å². The van der Waals surface area contributed by atoms with Crippen molar-refractivity contribution in [2.24, 2.45) is 0 Å². The predicted octanol–water partition coefficient (Wildman–Crippen LogP) is 2.33. The summed E-state index contributed by atoms with van der Waals surface area (Å²) >= 11 is 0. The van der Waals surface area contributed by atoms with Crippen LogP contribution in [0.2, 0.25) is 0 Å². The third-order valence-electron chi connectivity index (χ3n) is 3.49. The molecule has 2 aliphatic rings. The lowest BCUT2D eigenvalue weighted by molar-refractivity contribution is 0.173. The minimum atomic E-state index is 0.310. The van der Waals surface area contributed by atoms with Crippen molar-refractivity contribution in [1.29, 1.82) is 0 Å². The third-order valence-corrected chi connectivity index (χ3v) is 3.49. The van der Waals surface area contributed by atoms with Crippen LogP contribution < -0.4 is 19.5 Å². The summed E-state index contributed by atoms with van der Waals surface area (Å²) in [6.07, 6.45) is 4.97. The van der Waals surface area contributed by atoms with Crippen LogP contribution in [0.4, 0.5) is 0 Å². The van der Waals surface area contributed by atoms with Gasteiger partial charge in [0.2, 0.25) is 6.79 Å². The predicted molar refractivity (Wildman–Crippen MR) is 68.3 cm³/mol. The second kappa shape index (κ2) is 5.48. The summed E-state index contributed by atoms with van der Waals surface area (Å²) in [7, 11) is 0. The zero-order valence-electron chi connectivity index (χ0n) is 10.5. The fraction of sp³-hybridized carbons (Fsp3) is 0.571. The fourth-order valence-corrected chi connectivity index (χ4v) is 2.46. The van der Waals surface area contributed by atoms with E-state index in [1.165, 1.54) is 19.3 Å². The van der Waals surface area contributed by atoms with Crippen LogP contribution in [0.25, 0.3) is 0 Å². The molecule has 0 amide bonds. The first-order valence-corrected chi connectivity index (χ1v) is 6.68. The largest absolute Gasteiger partial charge is 0.493 e. The Balaban J connectivity index is 1.48. The Bertz CT molecular complexity index is 402. The van der Waals surface area contributed by atoms with Gasteiger partial charge < -0.3 is 19.5 Å². The maximum absolute atomic E-state index is 5.76. The second-order valence-corrected chi connectivity index (χ2v) is 4.80. The van der Waals surface area contributed by atoms with Crippen molar-refractivity contribution in [3.8, 4) is 17.2 Å². The standard InChI is InChI=1S/C14H19NO3/c1-2-7-15-11(3-1)6-8-16-12-4-5-13-14(9-12)18-10-17-13/h4-5,9,11,15H,1-3,6-8,10H2. The Kier molecular flexibility index (Phi) is 3.55. The van der Waals surface area contributed by atoms with Crippen molar-refractivity contribution in [2.45, 2.75) is 31.7 Å². The number of nitrogens with one attached hydrogen (secondary N) is 1. The smallest absolute Gasteiger partial charge is 0.231 e. The maximum Gasteiger partial charge on any atom is 0.231 e. The van der Waals surface area contributed by atoms with E-state index in [1.54, 1.807) is 0 Å². The van der Waals surface area contributed by atoms with Crippen molar-refractivity contribution in [1.82, 2.24) is 5.32 Å². The molecule has 0 aliphatic carbocycles. The van der Waals surface area contributed by atoms with Gasteiger partial charge in [-0.1, -0.05) is 6.42 Å². The minimum absolute atomic E-state index is 0.310. The third kappa shape index (κ3) is 2.70. The summed E-state index contributed by atoms with van der Waals surface area (Å²) in [5.74, 6) is 2.44. The van der Waals surface area contributed by atoms with Gasteiger partial charge in [-0.2, -0.15) is 0 Å². The molecule has 0 radical (unpaired) electrons. The summed E-state index contributed by atoms with van der Waals surface area (Å²) < 4.78 is 16.3. The molecule has 1 aromatic rings. The number of hydrogen-bond acceptors (Lipinski definition) is 4. The van der Waals surface area contributed by atoms with Gasteiger partial charge in [-0.3, -0.25) is 0 Å². The van der Waals surface area contributed by atoms with Crippen LogP contribution in [0.5, 0.6) is 17.2 Å². The van der Waals surface area contributed by atoms with E-state index in [9.17, 15) is 0 Å². The van der Waals surface area contributed by atoms with E-state index in [4.69, 9.17) is 14.2 Å². The van der Waals surface area contributed by atoms with Crippen LogP contribution in [0.1, 0.15) is 25.7 Å². The number of fused-ring (bicyclic) bond motifs is 1. The molecule has 1 aromatic carbocycles. The average molecular weight is 249 g/mol. The normalized spacial score (nSPS) is 21.9. The zero-order valence-corrected chi connectivity index (χ0v) is 10.5. The molecule has 0 bridgehead atoms. The quantitative estimate of drug-likeness (QED) is 0.889. The minimum Gasteiger partial charge on any atom is -0.493 e. The van der Waals surface area contributed by atoms with E-state index >= 15 is 0 Å². The lowest BCUT2D eigenvalue weighted by Gasteiger charge is -2.23. The molecule has 0 saturated carbocycles. The highest BCUT2D eigenvalue weighted by Gasteiger charge is 2.15. The zero-order chi connectivity index (χ0) is 12.2. The van der Waals surface area contributed by atoms with Crippen LogP contribution in [0.3, 0.4) is 0 Å². The molecule has 1 saturated heterocycles. The van der Waals surface area contributed by atoms with Gasteiger partial charge >= 0.3 is 0 Å². The van der Waals surface area contributed by atoms with E-state index in [-0.39, 0.29) is 0 Å². The molecule has 4 nitrogen and oxygen atoms in total. The van der Waals surface area contributed by atoms with Crippen LogP contribution in [0.15, 0.2) is 18.2 Å². The first-order chi connectivity index (χ1) is 8.92. The first-order valence-electron chi connectivity index (χ1n) is 6.68. The van der Waals surface area contributed by atoms with Crippen molar-refractivity contribution in [3.63, 3.8) is 0 Å². The van der Waals surface area contributed by atoms with Crippen LogP contribution in [-0.2, 0) is 0 Å². The molecule has 2 heterocycles. The summed E-state index contributed by atoms with van der Waals surface area (Å²) in [5.41, 5.74) is 0. The molecular formula is C14H19NO3. The SMILES string of the molecule is c1cc2c(cc1OCCC1CCCCN1)OCO2. The highest BCUT2D eigenvalue weighted by atomic mass is 16.7. The molecule has 4 heteroatoms. The van der Waals surface area contributed by atoms with Crippen molar-refractivity contribution < 1.29 is 14.2 Å². The van der Waals surface area contributed by atoms with Gasteiger partial charge in [0, 0.05) is 12.1 Å². The maximum atomic E-state index is 5.76. The van der Waals surface area contributed by atoms with E-state index < -0.39 is 0 Å². The monoisotopic (exact) mass is 249 g/mol. The fourth-order valence-electron chi connectivity index (χ4n) is 2.46. The van der Waals surface area contributed by atoms with E-state index in [0.717, 1.165) is 36.8 Å². The Morgan fingerprint density at radius 1 is 1.22 bits per heavy atom. The van der Waals surface area contributed by atoms with Gasteiger partial charge in [-0.05, 0) is 37.9 Å². The lowest BCUT2D eigenvalue weighted by atomic mass is 10.0. The van der Waals surface area contributed by atoms with Gasteiger partial charge in [0.25, 0.3) is 0 Å². The molecule has 1 atom stereocenters. The Morgan fingerprint density at radius 3 is 3.06 bits per heavy atom. The molecule has 18 heavy (non-hydrogen) atoms. The number of rotatable bonds is 4. The second-order valence-electron chi connectivity index (χ2n) is 4.80. The number of ether oxygens (including phenoxy) is 3. The van der Waals surface area contributed by atoms with Gasteiger partial charge in [0.05, 0.1) is 6.61 Å². The van der Waals surface area contributed by atoms with Crippen molar-refractivity contribution in [2.75, 3.05) is 19.9 Å². The van der Waals surface area contributed by atoms with Crippen LogP contribution >= 0.6 is 0 Å². The Labute approximate surface area is 107 Å². The summed E-state index contributed by atoms with van der Waals surface area (Å²) in [4.78, 5) is 0. The molecule has 1 fully saturated rings. The number of benzene rings is 1. The van der Waals surface area contributed by atoms with Gasteiger partial charge in [0.15, 0.2) is 11.5 Å². The lowest BCUT2D eigenvalue weighted by Crippen LogP contribution is -2.35. The van der Waals surface area contributed by atoms with Crippen LogP contribution in [0, 0.1) is 0 Å². The molecule has 1 unspecified atom stereocenters. The average Bonchev–Trinajstić information content (AvgIpc) is 2.87. The van der Waals surface area contributed by atoms with Crippen LogP contribution in [-0.4, -0.2) is 26.0 Å². The molecule has 0 spiro atoms. The summed E-state index contributed by atoms with van der Waals surface area (Å²) in [6, 6.07) is 6.35. The molecule has 2 aliphatic heterocycles. The highest BCUT2D eigenvalue weighted by Crippen LogP contribution is 2.35. The van der Waals surface area contributed by atoms with Gasteiger partial charge in [-0.15, -0.1) is 0 Å². The van der Waals surface area contributed by atoms with Gasteiger partial charge in [-0.25, -0.2) is 0 Å². The van der Waals surface area contributed by atoms with Crippen molar-refractivity contribution in [3.05, 3.63) is 18.2 Å². The molecule has 98 valence electrons. The molecule has 1 N–H and O–H groups in total. The molecule has 3 rings (SSSR count). The number of hydrogen-bond donors (Lipinski definition) is 1. The van der Waals surface area contributed by atoms with E-state index in [2.05, 4.69) is 5.32 Å². The first kappa shape index (κ1) is 11.7. The summed E-state index contributed by atoms with van der Waals surface area (Å²) in [5, 5.41) is 3.52. The number of piperidine rings is 1. The molecule has 0 aromatic heterocycles. The Hall–Kier alpha value is -1.42. The molecular weight excluding hydrogens is 230 g/mol. The topological polar surface area (TPSA) is 39.7 Å². The van der Waals surface area contributed by atoms with Crippen molar-refractivity contribution >= 4 is 0 Å². The Morgan fingerprint density at radius 2 is 2.17 bits per heavy atom.